The highest BCUT2D eigenvalue weighted by atomic mass is 16.5. The number of allylic oxidation sites excluding steroid dienone is 1. The van der Waals surface area contributed by atoms with E-state index in [4.69, 9.17) is 4.74 Å². The Kier molecular flexibility index (Phi) is 8.47. The van der Waals surface area contributed by atoms with Crippen molar-refractivity contribution >= 4 is 5.78 Å². The molecular weight excluding hydrogens is 324 g/mol. The summed E-state index contributed by atoms with van der Waals surface area (Å²) >= 11 is 0. The molecule has 0 heterocycles. The van der Waals surface area contributed by atoms with E-state index in [1.54, 1.807) is 12.1 Å². The van der Waals surface area contributed by atoms with Gasteiger partial charge in [-0.05, 0) is 67.2 Å². The van der Waals surface area contributed by atoms with Crippen LogP contribution in [0.15, 0.2) is 61.2 Å². The zero-order valence-electron chi connectivity index (χ0n) is 15.3. The maximum Gasteiger partial charge on any atom is 0.155 e. The molecule has 0 bridgehead atoms. The monoisotopic (exact) mass is 352 g/mol. The Morgan fingerprint density at radius 1 is 0.885 bits per heavy atom. The molecule has 0 aromatic heterocycles. The van der Waals surface area contributed by atoms with E-state index in [0.717, 1.165) is 44.3 Å². The number of ketones is 1. The van der Waals surface area contributed by atoms with Gasteiger partial charge in [0.25, 0.3) is 0 Å². The molecule has 138 valence electrons. The summed E-state index contributed by atoms with van der Waals surface area (Å²) in [6, 6.07) is 15.6. The maximum absolute atomic E-state index is 11.1. The summed E-state index contributed by atoms with van der Waals surface area (Å²) in [6.45, 7) is 4.19. The number of hydrogen-bond donors (Lipinski definition) is 1. The van der Waals surface area contributed by atoms with E-state index in [1.165, 1.54) is 17.2 Å². The Morgan fingerprint density at radius 3 is 2.08 bits per heavy atom. The Bertz CT molecular complexity index is 672. The van der Waals surface area contributed by atoms with Gasteiger partial charge in [-0.2, -0.15) is 0 Å². The molecule has 0 atom stereocenters. The summed E-state index contributed by atoms with van der Waals surface area (Å²) < 4.78 is 5.77. The number of rotatable bonds is 12. The molecule has 0 amide bonds. The highest BCUT2D eigenvalue weighted by Gasteiger charge is 1.99. The lowest BCUT2D eigenvalue weighted by molar-refractivity contribution is -0.114. The van der Waals surface area contributed by atoms with Crippen LogP contribution in [0.25, 0.3) is 0 Å². The van der Waals surface area contributed by atoms with Gasteiger partial charge in [-0.3, -0.25) is 4.79 Å². The normalized spacial score (nSPS) is 10.5. The number of unbranched alkanes of at least 4 members (excludes halogenated alkanes) is 3. The van der Waals surface area contributed by atoms with E-state index in [9.17, 15) is 9.90 Å². The molecule has 0 saturated heterocycles. The number of aromatic hydroxyl groups is 1. The van der Waals surface area contributed by atoms with Crippen molar-refractivity contribution < 1.29 is 14.6 Å². The van der Waals surface area contributed by atoms with Crippen LogP contribution in [0.3, 0.4) is 0 Å². The van der Waals surface area contributed by atoms with Crippen molar-refractivity contribution in [1.29, 1.82) is 0 Å². The Morgan fingerprint density at radius 2 is 1.46 bits per heavy atom. The van der Waals surface area contributed by atoms with Gasteiger partial charge in [-0.1, -0.05) is 43.7 Å². The fraction of sp³-hybridized carbons (Fsp3) is 0.348. The second kappa shape index (κ2) is 11.1. The highest BCUT2D eigenvalue weighted by Crippen LogP contribution is 2.16. The molecule has 0 radical (unpaired) electrons. The van der Waals surface area contributed by atoms with Crippen molar-refractivity contribution in [1.82, 2.24) is 0 Å². The summed E-state index contributed by atoms with van der Waals surface area (Å²) in [5.74, 6) is 1.34. The minimum absolute atomic E-state index is 0.131. The van der Waals surface area contributed by atoms with Crippen LogP contribution in [0.4, 0.5) is 0 Å². The number of phenols is 1. The summed E-state index contributed by atoms with van der Waals surface area (Å²) in [5, 5.41) is 9.30. The van der Waals surface area contributed by atoms with Crippen molar-refractivity contribution in [3.05, 3.63) is 72.3 Å². The molecule has 3 heteroatoms. The first-order chi connectivity index (χ1) is 12.7. The van der Waals surface area contributed by atoms with Crippen LogP contribution in [-0.4, -0.2) is 17.5 Å². The third-order valence-electron chi connectivity index (χ3n) is 4.38. The van der Waals surface area contributed by atoms with Crippen molar-refractivity contribution in [3.63, 3.8) is 0 Å². The Balaban J connectivity index is 1.60. The first kappa shape index (κ1) is 19.8. The molecule has 0 unspecified atom stereocenters. The topological polar surface area (TPSA) is 46.5 Å². The van der Waals surface area contributed by atoms with E-state index in [0.29, 0.717) is 18.8 Å². The molecule has 0 saturated carbocycles. The number of carbonyl (C=O) groups excluding carboxylic acids is 1. The van der Waals surface area contributed by atoms with Gasteiger partial charge in [0, 0.05) is 6.42 Å². The number of ether oxygens (including phenoxy) is 1. The predicted octanol–water partition coefficient (Wildman–Crippen LogP) is 5.26. The van der Waals surface area contributed by atoms with E-state index < -0.39 is 0 Å². The van der Waals surface area contributed by atoms with E-state index >= 15 is 0 Å². The number of carbonyl (C=O) groups is 1. The SMILES string of the molecule is C=CC(=O)CCCCCCOc1ccc(CCc2ccc(O)cc2)cc1. The zero-order chi connectivity index (χ0) is 18.6. The van der Waals surface area contributed by atoms with Crippen molar-refractivity contribution in [2.45, 2.75) is 44.9 Å². The van der Waals surface area contributed by atoms with Gasteiger partial charge < -0.3 is 9.84 Å². The lowest BCUT2D eigenvalue weighted by Crippen LogP contribution is -1.98. The van der Waals surface area contributed by atoms with Crippen LogP contribution < -0.4 is 4.74 Å². The molecule has 26 heavy (non-hydrogen) atoms. The Hall–Kier alpha value is -2.55. The molecule has 0 aliphatic carbocycles. The van der Waals surface area contributed by atoms with E-state index in [1.807, 2.05) is 24.3 Å². The molecule has 2 aromatic rings. The molecular formula is C23H28O3. The molecule has 1 N–H and O–H groups in total. The largest absolute Gasteiger partial charge is 0.508 e. The smallest absolute Gasteiger partial charge is 0.155 e. The van der Waals surface area contributed by atoms with Gasteiger partial charge in [0.05, 0.1) is 6.61 Å². The van der Waals surface area contributed by atoms with Crippen LogP contribution >= 0.6 is 0 Å². The fourth-order valence-corrected chi connectivity index (χ4v) is 2.75. The zero-order valence-corrected chi connectivity index (χ0v) is 15.3. The summed E-state index contributed by atoms with van der Waals surface area (Å²) in [7, 11) is 0. The fourth-order valence-electron chi connectivity index (χ4n) is 2.75. The maximum atomic E-state index is 11.1. The lowest BCUT2D eigenvalue weighted by Gasteiger charge is -2.07. The highest BCUT2D eigenvalue weighted by molar-refractivity contribution is 5.88. The number of hydrogen-bond acceptors (Lipinski definition) is 3. The van der Waals surface area contributed by atoms with Gasteiger partial charge in [0.2, 0.25) is 0 Å². The van der Waals surface area contributed by atoms with Crippen molar-refractivity contribution in [2.75, 3.05) is 6.61 Å². The number of benzene rings is 2. The first-order valence-electron chi connectivity index (χ1n) is 9.32. The summed E-state index contributed by atoms with van der Waals surface area (Å²) in [4.78, 5) is 11.1. The van der Waals surface area contributed by atoms with E-state index in [-0.39, 0.29) is 5.78 Å². The van der Waals surface area contributed by atoms with Gasteiger partial charge in [-0.25, -0.2) is 0 Å². The first-order valence-corrected chi connectivity index (χ1v) is 9.32. The van der Waals surface area contributed by atoms with Gasteiger partial charge in [-0.15, -0.1) is 0 Å². The van der Waals surface area contributed by atoms with Crippen LogP contribution in [-0.2, 0) is 17.6 Å². The predicted molar refractivity (Wildman–Crippen MR) is 106 cm³/mol. The average molecular weight is 352 g/mol. The van der Waals surface area contributed by atoms with Crippen LogP contribution in [0.2, 0.25) is 0 Å². The second-order valence-corrected chi connectivity index (χ2v) is 6.49. The van der Waals surface area contributed by atoms with Crippen LogP contribution in [0.1, 0.15) is 43.2 Å². The van der Waals surface area contributed by atoms with Gasteiger partial charge in [0.15, 0.2) is 5.78 Å². The quantitative estimate of drug-likeness (QED) is 0.418. The standard InChI is InChI=1S/C23H28O3/c1-2-21(24)7-5-3-4-6-18-26-23-16-12-20(13-17-23)9-8-19-10-14-22(25)15-11-19/h2,10-17,25H,1,3-9,18H2. The Labute approximate surface area is 156 Å². The summed E-state index contributed by atoms with van der Waals surface area (Å²) in [6.07, 6.45) is 8.00. The molecule has 0 aliphatic rings. The molecule has 0 aliphatic heterocycles. The summed E-state index contributed by atoms with van der Waals surface area (Å²) in [5.41, 5.74) is 2.50. The van der Waals surface area contributed by atoms with Crippen molar-refractivity contribution in [3.8, 4) is 11.5 Å². The van der Waals surface area contributed by atoms with Gasteiger partial charge in [0.1, 0.15) is 11.5 Å². The van der Waals surface area contributed by atoms with Crippen molar-refractivity contribution in [2.24, 2.45) is 0 Å². The molecule has 0 fully saturated rings. The minimum Gasteiger partial charge on any atom is -0.508 e. The number of aryl methyl sites for hydroxylation is 2. The van der Waals surface area contributed by atoms with Crippen LogP contribution in [0.5, 0.6) is 11.5 Å². The third kappa shape index (κ3) is 7.56. The minimum atomic E-state index is 0.131. The van der Waals surface area contributed by atoms with E-state index in [2.05, 4.69) is 18.7 Å². The third-order valence-corrected chi connectivity index (χ3v) is 4.38. The van der Waals surface area contributed by atoms with Gasteiger partial charge >= 0.3 is 0 Å². The second-order valence-electron chi connectivity index (χ2n) is 6.49. The average Bonchev–Trinajstić information content (AvgIpc) is 2.67. The molecule has 2 rings (SSSR count). The molecule has 0 spiro atoms. The molecule has 3 nitrogen and oxygen atoms in total. The molecule has 2 aromatic carbocycles. The lowest BCUT2D eigenvalue weighted by atomic mass is 10.0. The van der Waals surface area contributed by atoms with Crippen LogP contribution in [0, 0.1) is 0 Å². The number of phenolic OH excluding ortho intramolecular Hbond substituents is 1.